The Morgan fingerprint density at radius 2 is 2.16 bits per heavy atom. The van der Waals surface area contributed by atoms with Crippen LogP contribution in [0.4, 0.5) is 0 Å². The zero-order valence-corrected chi connectivity index (χ0v) is 11.3. The van der Waals surface area contributed by atoms with Gasteiger partial charge in [0.15, 0.2) is 0 Å². The number of phenols is 1. The van der Waals surface area contributed by atoms with Crippen molar-refractivity contribution in [2.75, 3.05) is 6.61 Å². The minimum Gasteiger partial charge on any atom is -0.508 e. The van der Waals surface area contributed by atoms with Crippen LogP contribution < -0.4 is 0 Å². The van der Waals surface area contributed by atoms with Gasteiger partial charge in [-0.25, -0.2) is 4.79 Å². The van der Waals surface area contributed by atoms with Crippen molar-refractivity contribution in [2.24, 2.45) is 0 Å². The van der Waals surface area contributed by atoms with E-state index in [0.29, 0.717) is 6.61 Å². The highest BCUT2D eigenvalue weighted by atomic mass is 16.5. The summed E-state index contributed by atoms with van der Waals surface area (Å²) in [5.41, 5.74) is 0.935. The summed E-state index contributed by atoms with van der Waals surface area (Å²) < 4.78 is 7.07. The van der Waals surface area contributed by atoms with Gasteiger partial charge in [-0.15, -0.1) is 0 Å². The third kappa shape index (κ3) is 2.72. The molecule has 1 atom stereocenters. The van der Waals surface area contributed by atoms with Gasteiger partial charge in [0.05, 0.1) is 6.61 Å². The van der Waals surface area contributed by atoms with Crippen molar-refractivity contribution in [3.05, 3.63) is 30.5 Å². The molecule has 0 spiro atoms. The number of phenolic OH excluding ortho intramolecular Hbond substituents is 1. The van der Waals surface area contributed by atoms with Gasteiger partial charge in [-0.3, -0.25) is 0 Å². The Balaban J connectivity index is 2.41. The quantitative estimate of drug-likeness (QED) is 0.840. The summed E-state index contributed by atoms with van der Waals surface area (Å²) in [6.45, 7) is 4.25. The number of ether oxygens (including phenoxy) is 1. The number of carbonyl (C=O) groups excluding carboxylic acids is 1. The molecule has 2 aromatic rings. The molecule has 1 aromatic carbocycles. The lowest BCUT2D eigenvalue weighted by molar-refractivity contribution is -0.147. The fourth-order valence-corrected chi connectivity index (χ4v) is 2.31. The zero-order chi connectivity index (χ0) is 13.8. The molecule has 0 bridgehead atoms. The summed E-state index contributed by atoms with van der Waals surface area (Å²) in [6, 6.07) is 6.75. The molecule has 0 aliphatic heterocycles. The zero-order valence-electron chi connectivity index (χ0n) is 11.3. The molecule has 0 radical (unpaired) electrons. The number of aromatic hydroxyl groups is 1. The number of nitrogens with zero attached hydrogens (tertiary/aromatic N) is 1. The maximum atomic E-state index is 12.0. The number of fused-ring (bicyclic) bond motifs is 1. The molecule has 0 saturated heterocycles. The number of esters is 1. The Labute approximate surface area is 112 Å². The lowest BCUT2D eigenvalue weighted by Crippen LogP contribution is -2.21. The van der Waals surface area contributed by atoms with Gasteiger partial charge in [-0.05, 0) is 37.6 Å². The van der Waals surface area contributed by atoms with Gasteiger partial charge < -0.3 is 14.4 Å². The van der Waals surface area contributed by atoms with E-state index in [-0.39, 0.29) is 17.8 Å². The molecule has 1 heterocycles. The van der Waals surface area contributed by atoms with E-state index in [4.69, 9.17) is 4.74 Å². The maximum Gasteiger partial charge on any atom is 0.329 e. The molecular formula is C15H19NO3. The molecular weight excluding hydrogens is 242 g/mol. The van der Waals surface area contributed by atoms with Crippen molar-refractivity contribution in [3.8, 4) is 5.75 Å². The van der Waals surface area contributed by atoms with Crippen LogP contribution in [-0.2, 0) is 9.53 Å². The van der Waals surface area contributed by atoms with Crippen LogP contribution >= 0.6 is 0 Å². The Morgan fingerprint density at radius 1 is 1.37 bits per heavy atom. The smallest absolute Gasteiger partial charge is 0.329 e. The van der Waals surface area contributed by atoms with Gasteiger partial charge in [0, 0.05) is 17.1 Å². The van der Waals surface area contributed by atoms with Gasteiger partial charge in [0.25, 0.3) is 0 Å². The maximum absolute atomic E-state index is 12.0. The first-order chi connectivity index (χ1) is 9.17. The van der Waals surface area contributed by atoms with Crippen LogP contribution in [0.1, 0.15) is 32.7 Å². The Kier molecular flexibility index (Phi) is 4.10. The van der Waals surface area contributed by atoms with Gasteiger partial charge >= 0.3 is 5.97 Å². The fraction of sp³-hybridized carbons (Fsp3) is 0.400. The van der Waals surface area contributed by atoms with E-state index in [1.807, 2.05) is 36.7 Å². The Hall–Kier alpha value is -1.97. The summed E-state index contributed by atoms with van der Waals surface area (Å²) in [7, 11) is 0. The number of carbonyl (C=O) groups is 1. The second-order valence-electron chi connectivity index (χ2n) is 4.52. The van der Waals surface area contributed by atoms with E-state index in [0.717, 1.165) is 23.7 Å². The fourth-order valence-electron chi connectivity index (χ4n) is 2.31. The van der Waals surface area contributed by atoms with Crippen LogP contribution in [0.2, 0.25) is 0 Å². The standard InChI is InChI=1S/C15H19NO3/c1-3-5-14(15(18)19-4-2)16-9-8-11-10-12(17)6-7-13(11)16/h6-10,14,17H,3-5H2,1-2H3/t14-/m0/s1. The SMILES string of the molecule is CCC[C@@H](C(=O)OCC)n1ccc2cc(O)ccc21. The highest BCUT2D eigenvalue weighted by Crippen LogP contribution is 2.26. The average Bonchev–Trinajstić information content (AvgIpc) is 2.78. The van der Waals surface area contributed by atoms with Gasteiger partial charge in [-0.2, -0.15) is 0 Å². The topological polar surface area (TPSA) is 51.5 Å². The van der Waals surface area contributed by atoms with E-state index >= 15 is 0 Å². The first-order valence-electron chi connectivity index (χ1n) is 6.63. The van der Waals surface area contributed by atoms with Crippen molar-refractivity contribution in [1.29, 1.82) is 0 Å². The molecule has 0 amide bonds. The number of hydrogen-bond acceptors (Lipinski definition) is 3. The van der Waals surface area contributed by atoms with Crippen LogP contribution in [0.5, 0.6) is 5.75 Å². The lowest BCUT2D eigenvalue weighted by Gasteiger charge is -2.18. The van der Waals surface area contributed by atoms with E-state index in [2.05, 4.69) is 0 Å². The van der Waals surface area contributed by atoms with Crippen LogP contribution in [0.15, 0.2) is 30.5 Å². The van der Waals surface area contributed by atoms with Crippen LogP contribution in [0.25, 0.3) is 10.9 Å². The molecule has 0 aliphatic carbocycles. The second-order valence-corrected chi connectivity index (χ2v) is 4.52. The molecule has 4 heteroatoms. The predicted molar refractivity (Wildman–Crippen MR) is 74.2 cm³/mol. The van der Waals surface area contributed by atoms with Crippen LogP contribution in [0.3, 0.4) is 0 Å². The number of rotatable bonds is 5. The van der Waals surface area contributed by atoms with Crippen molar-refractivity contribution in [2.45, 2.75) is 32.7 Å². The summed E-state index contributed by atoms with van der Waals surface area (Å²) in [4.78, 5) is 12.0. The molecule has 4 nitrogen and oxygen atoms in total. The van der Waals surface area contributed by atoms with Crippen molar-refractivity contribution in [1.82, 2.24) is 4.57 Å². The van der Waals surface area contributed by atoms with E-state index in [1.165, 1.54) is 0 Å². The van der Waals surface area contributed by atoms with Gasteiger partial charge in [0.1, 0.15) is 11.8 Å². The highest BCUT2D eigenvalue weighted by molar-refractivity contribution is 5.84. The van der Waals surface area contributed by atoms with Crippen molar-refractivity contribution in [3.63, 3.8) is 0 Å². The predicted octanol–water partition coefficient (Wildman–Crippen LogP) is 3.25. The minimum atomic E-state index is -0.299. The van der Waals surface area contributed by atoms with E-state index in [9.17, 15) is 9.90 Å². The molecule has 1 N–H and O–H groups in total. The summed E-state index contributed by atoms with van der Waals surface area (Å²) >= 11 is 0. The third-order valence-electron chi connectivity index (χ3n) is 3.16. The minimum absolute atomic E-state index is 0.199. The third-order valence-corrected chi connectivity index (χ3v) is 3.16. The first kappa shape index (κ1) is 13.5. The number of benzene rings is 1. The average molecular weight is 261 g/mol. The molecule has 0 saturated carbocycles. The van der Waals surface area contributed by atoms with Gasteiger partial charge in [0.2, 0.25) is 0 Å². The van der Waals surface area contributed by atoms with E-state index in [1.54, 1.807) is 12.1 Å². The van der Waals surface area contributed by atoms with Crippen molar-refractivity contribution < 1.29 is 14.6 Å². The molecule has 1 aromatic heterocycles. The molecule has 102 valence electrons. The second kappa shape index (κ2) is 5.78. The highest BCUT2D eigenvalue weighted by Gasteiger charge is 2.21. The monoisotopic (exact) mass is 261 g/mol. The summed E-state index contributed by atoms with van der Waals surface area (Å²) in [6.07, 6.45) is 3.52. The normalized spacial score (nSPS) is 12.5. The molecule has 0 unspecified atom stereocenters. The van der Waals surface area contributed by atoms with Crippen LogP contribution in [-0.4, -0.2) is 22.2 Å². The molecule has 2 rings (SSSR count). The van der Waals surface area contributed by atoms with E-state index < -0.39 is 0 Å². The Morgan fingerprint density at radius 3 is 2.84 bits per heavy atom. The Bertz CT molecular complexity index is 574. The van der Waals surface area contributed by atoms with Gasteiger partial charge in [-0.1, -0.05) is 13.3 Å². The lowest BCUT2D eigenvalue weighted by atomic mass is 10.1. The molecule has 0 aliphatic rings. The summed E-state index contributed by atoms with van der Waals surface area (Å²) in [5, 5.41) is 10.4. The van der Waals surface area contributed by atoms with Crippen LogP contribution in [0, 0.1) is 0 Å². The largest absolute Gasteiger partial charge is 0.508 e. The van der Waals surface area contributed by atoms with Crippen molar-refractivity contribution >= 4 is 16.9 Å². The number of hydrogen-bond donors (Lipinski definition) is 1. The first-order valence-corrected chi connectivity index (χ1v) is 6.63. The number of aromatic nitrogens is 1. The molecule has 0 fully saturated rings. The summed E-state index contributed by atoms with van der Waals surface area (Å²) in [5.74, 6) is 0.0309. The molecule has 19 heavy (non-hydrogen) atoms.